The fraction of sp³-hybridized carbons (Fsp3) is 0.176. The molecule has 1 N–H and O–H groups in total. The molecule has 0 bridgehead atoms. The summed E-state index contributed by atoms with van der Waals surface area (Å²) in [5.74, 6) is 0.799. The number of fused-ring (bicyclic) bond motifs is 1. The molecule has 0 radical (unpaired) electrons. The van der Waals surface area contributed by atoms with Crippen molar-refractivity contribution in [3.63, 3.8) is 0 Å². The van der Waals surface area contributed by atoms with Gasteiger partial charge in [-0.05, 0) is 24.3 Å². The molecule has 0 saturated carbocycles. The third kappa shape index (κ3) is 3.77. The van der Waals surface area contributed by atoms with Crippen molar-refractivity contribution in [3.8, 4) is 5.75 Å². The molecular formula is C17H17N3O. The van der Waals surface area contributed by atoms with E-state index in [1.54, 1.807) is 12.4 Å². The van der Waals surface area contributed by atoms with Crippen molar-refractivity contribution in [3.05, 3.63) is 66.6 Å². The van der Waals surface area contributed by atoms with Gasteiger partial charge < -0.3 is 10.1 Å². The van der Waals surface area contributed by atoms with Gasteiger partial charge >= 0.3 is 0 Å². The van der Waals surface area contributed by atoms with E-state index >= 15 is 0 Å². The molecule has 4 nitrogen and oxygen atoms in total. The minimum Gasteiger partial charge on any atom is -0.491 e. The van der Waals surface area contributed by atoms with E-state index in [4.69, 9.17) is 4.74 Å². The molecule has 0 atom stereocenters. The summed E-state index contributed by atoms with van der Waals surface area (Å²) in [4.78, 5) is 8.63. The first-order valence-corrected chi connectivity index (χ1v) is 7.00. The van der Waals surface area contributed by atoms with Gasteiger partial charge in [-0.15, -0.1) is 0 Å². The topological polar surface area (TPSA) is 47.0 Å². The average Bonchev–Trinajstić information content (AvgIpc) is 2.55. The number of hydrogen-bond donors (Lipinski definition) is 1. The summed E-state index contributed by atoms with van der Waals surface area (Å²) in [5.41, 5.74) is 2.02. The molecule has 3 rings (SSSR count). The molecule has 21 heavy (non-hydrogen) atoms. The maximum atomic E-state index is 5.71. The largest absolute Gasteiger partial charge is 0.491 e. The molecule has 0 aliphatic rings. The van der Waals surface area contributed by atoms with Crippen LogP contribution in [0.1, 0.15) is 5.69 Å². The summed E-state index contributed by atoms with van der Waals surface area (Å²) in [6.07, 6.45) is 3.56. The number of para-hydroxylation sites is 1. The fourth-order valence-corrected chi connectivity index (χ4v) is 2.09. The zero-order valence-corrected chi connectivity index (χ0v) is 11.7. The van der Waals surface area contributed by atoms with Crippen LogP contribution in [0.4, 0.5) is 0 Å². The summed E-state index contributed by atoms with van der Waals surface area (Å²) >= 11 is 0. The standard InChI is InChI=1S/C17H17N3O/c1-2-7-17-14(5-1)11-16(13-20-17)21-10-9-18-12-15-6-3-4-8-19-15/h1-8,11,13,18H,9-10,12H2. The number of hydrogen-bond acceptors (Lipinski definition) is 4. The number of nitrogens with one attached hydrogen (secondary N) is 1. The Morgan fingerprint density at radius 1 is 1.00 bits per heavy atom. The van der Waals surface area contributed by atoms with Crippen LogP contribution in [-0.2, 0) is 6.54 Å². The van der Waals surface area contributed by atoms with Crippen molar-refractivity contribution in [2.45, 2.75) is 6.54 Å². The second kappa shape index (κ2) is 6.81. The maximum absolute atomic E-state index is 5.71. The Bertz CT molecular complexity index is 700. The lowest BCUT2D eigenvalue weighted by molar-refractivity contribution is 0.313. The lowest BCUT2D eigenvalue weighted by Gasteiger charge is -2.08. The van der Waals surface area contributed by atoms with Crippen molar-refractivity contribution in [2.24, 2.45) is 0 Å². The van der Waals surface area contributed by atoms with Gasteiger partial charge in [0.2, 0.25) is 0 Å². The molecule has 0 spiro atoms. The van der Waals surface area contributed by atoms with Gasteiger partial charge in [0, 0.05) is 24.7 Å². The molecular weight excluding hydrogens is 262 g/mol. The SMILES string of the molecule is c1ccc(CNCCOc2cnc3ccccc3c2)nc1. The Balaban J connectivity index is 1.46. The molecule has 1 aromatic carbocycles. The van der Waals surface area contributed by atoms with E-state index in [1.807, 2.05) is 48.5 Å². The van der Waals surface area contributed by atoms with E-state index in [0.29, 0.717) is 6.61 Å². The van der Waals surface area contributed by atoms with Crippen molar-refractivity contribution in [1.29, 1.82) is 0 Å². The van der Waals surface area contributed by atoms with Crippen LogP contribution in [0.15, 0.2) is 60.9 Å². The lowest BCUT2D eigenvalue weighted by Crippen LogP contribution is -2.21. The second-order valence-electron chi connectivity index (χ2n) is 4.71. The average molecular weight is 279 g/mol. The summed E-state index contributed by atoms with van der Waals surface area (Å²) in [5, 5.41) is 4.40. The number of rotatable bonds is 6. The van der Waals surface area contributed by atoms with Crippen LogP contribution in [-0.4, -0.2) is 23.1 Å². The fourth-order valence-electron chi connectivity index (χ4n) is 2.09. The second-order valence-corrected chi connectivity index (χ2v) is 4.71. The molecule has 106 valence electrons. The smallest absolute Gasteiger partial charge is 0.138 e. The zero-order valence-electron chi connectivity index (χ0n) is 11.7. The van der Waals surface area contributed by atoms with Gasteiger partial charge in [0.25, 0.3) is 0 Å². The molecule has 0 aliphatic heterocycles. The Hall–Kier alpha value is -2.46. The third-order valence-corrected chi connectivity index (χ3v) is 3.15. The maximum Gasteiger partial charge on any atom is 0.138 e. The summed E-state index contributed by atoms with van der Waals surface area (Å²) in [7, 11) is 0. The van der Waals surface area contributed by atoms with Gasteiger partial charge in [0.1, 0.15) is 12.4 Å². The Labute approximate surface area is 123 Å². The lowest BCUT2D eigenvalue weighted by atomic mass is 10.2. The number of aromatic nitrogens is 2. The van der Waals surface area contributed by atoms with E-state index in [2.05, 4.69) is 15.3 Å². The molecule has 4 heteroatoms. The van der Waals surface area contributed by atoms with Crippen LogP contribution in [0.2, 0.25) is 0 Å². The molecule has 0 saturated heterocycles. The van der Waals surface area contributed by atoms with E-state index in [9.17, 15) is 0 Å². The predicted octanol–water partition coefficient (Wildman–Crippen LogP) is 2.80. The molecule has 3 aromatic rings. The summed E-state index contributed by atoms with van der Waals surface area (Å²) in [6.45, 7) is 2.12. The monoisotopic (exact) mass is 279 g/mol. The highest BCUT2D eigenvalue weighted by Crippen LogP contribution is 2.17. The molecule has 0 aliphatic carbocycles. The van der Waals surface area contributed by atoms with Crippen LogP contribution in [0.5, 0.6) is 5.75 Å². The zero-order chi connectivity index (χ0) is 14.3. The van der Waals surface area contributed by atoms with Crippen molar-refractivity contribution in [2.75, 3.05) is 13.2 Å². The highest BCUT2D eigenvalue weighted by molar-refractivity contribution is 5.79. The van der Waals surface area contributed by atoms with Crippen LogP contribution >= 0.6 is 0 Å². The Kier molecular flexibility index (Phi) is 4.39. The van der Waals surface area contributed by atoms with Crippen LogP contribution in [0, 0.1) is 0 Å². The minimum absolute atomic E-state index is 0.604. The predicted molar refractivity (Wildman–Crippen MR) is 83.2 cm³/mol. The van der Waals surface area contributed by atoms with Crippen LogP contribution < -0.4 is 10.1 Å². The Morgan fingerprint density at radius 3 is 2.81 bits per heavy atom. The number of pyridine rings is 2. The van der Waals surface area contributed by atoms with Gasteiger partial charge in [-0.1, -0.05) is 24.3 Å². The number of nitrogens with zero attached hydrogens (tertiary/aromatic N) is 2. The van der Waals surface area contributed by atoms with E-state index in [1.165, 1.54) is 0 Å². The first-order chi connectivity index (χ1) is 10.4. The normalized spacial score (nSPS) is 10.7. The third-order valence-electron chi connectivity index (χ3n) is 3.15. The number of ether oxygens (including phenoxy) is 1. The highest BCUT2D eigenvalue weighted by Gasteiger charge is 1.98. The quantitative estimate of drug-likeness (QED) is 0.705. The van der Waals surface area contributed by atoms with Crippen molar-refractivity contribution in [1.82, 2.24) is 15.3 Å². The first-order valence-electron chi connectivity index (χ1n) is 7.00. The highest BCUT2D eigenvalue weighted by atomic mass is 16.5. The van der Waals surface area contributed by atoms with E-state index in [-0.39, 0.29) is 0 Å². The minimum atomic E-state index is 0.604. The molecule has 0 amide bonds. The van der Waals surface area contributed by atoms with Crippen LogP contribution in [0.3, 0.4) is 0 Å². The molecule has 0 unspecified atom stereocenters. The van der Waals surface area contributed by atoms with Gasteiger partial charge in [-0.25, -0.2) is 0 Å². The van der Waals surface area contributed by atoms with Crippen molar-refractivity contribution >= 4 is 10.9 Å². The van der Waals surface area contributed by atoms with E-state index in [0.717, 1.165) is 35.4 Å². The van der Waals surface area contributed by atoms with E-state index < -0.39 is 0 Å². The Morgan fingerprint density at radius 2 is 1.90 bits per heavy atom. The van der Waals surface area contributed by atoms with Gasteiger partial charge in [-0.2, -0.15) is 0 Å². The molecule has 0 fully saturated rings. The molecule has 2 heterocycles. The summed E-state index contributed by atoms with van der Waals surface area (Å²) < 4.78 is 5.71. The summed E-state index contributed by atoms with van der Waals surface area (Å²) in [6, 6.07) is 15.9. The molecule has 2 aromatic heterocycles. The first kappa shape index (κ1) is 13.5. The van der Waals surface area contributed by atoms with Crippen molar-refractivity contribution < 1.29 is 4.74 Å². The van der Waals surface area contributed by atoms with Gasteiger partial charge in [-0.3, -0.25) is 9.97 Å². The number of benzene rings is 1. The van der Waals surface area contributed by atoms with Gasteiger partial charge in [0.15, 0.2) is 0 Å². The van der Waals surface area contributed by atoms with Crippen LogP contribution in [0.25, 0.3) is 10.9 Å². The van der Waals surface area contributed by atoms with Gasteiger partial charge in [0.05, 0.1) is 17.4 Å².